The van der Waals surface area contributed by atoms with Crippen LogP contribution in [0.2, 0.25) is 0 Å². The van der Waals surface area contributed by atoms with E-state index in [1.165, 1.54) is 4.31 Å². The molecule has 2 aromatic carbocycles. The normalized spacial score (nSPS) is 22.0. The Morgan fingerprint density at radius 1 is 1.16 bits per heavy atom. The van der Waals surface area contributed by atoms with Crippen LogP contribution in [0.1, 0.15) is 60.4 Å². The van der Waals surface area contributed by atoms with Crippen LogP contribution in [0.3, 0.4) is 0 Å². The predicted octanol–water partition coefficient (Wildman–Crippen LogP) is 3.58. The van der Waals surface area contributed by atoms with Gasteiger partial charge in [-0.1, -0.05) is 37.3 Å². The third-order valence-electron chi connectivity index (χ3n) is 6.08. The smallest absolute Gasteiger partial charge is 0.292 e. The van der Waals surface area contributed by atoms with E-state index in [1.807, 2.05) is 6.07 Å². The molecule has 1 aliphatic rings. The number of H-pyrrole nitrogens is 2. The van der Waals surface area contributed by atoms with Crippen molar-refractivity contribution in [3.63, 3.8) is 0 Å². The second-order valence-corrected chi connectivity index (χ2v) is 10.2. The van der Waals surface area contributed by atoms with Crippen molar-refractivity contribution in [2.24, 2.45) is 0 Å². The summed E-state index contributed by atoms with van der Waals surface area (Å²) in [5.74, 6) is -1.92. The molecule has 0 amide bonds. The fourth-order valence-corrected chi connectivity index (χ4v) is 6.40. The Morgan fingerprint density at radius 3 is 2.53 bits per heavy atom. The van der Waals surface area contributed by atoms with Gasteiger partial charge >= 0.3 is 5.69 Å². The second-order valence-electron chi connectivity index (χ2n) is 8.17. The molecular weight excluding hydrogens is 438 g/mol. The van der Waals surface area contributed by atoms with Crippen molar-refractivity contribution < 1.29 is 17.2 Å². The van der Waals surface area contributed by atoms with Gasteiger partial charge in [0.2, 0.25) is 10.0 Å². The lowest BCUT2D eigenvalue weighted by molar-refractivity contribution is 0.278. The summed E-state index contributed by atoms with van der Waals surface area (Å²) in [5.41, 5.74) is 0.124. The number of halogens is 2. The van der Waals surface area contributed by atoms with Gasteiger partial charge < -0.3 is 0 Å². The monoisotopic (exact) mass is 462 g/mol. The van der Waals surface area contributed by atoms with Crippen molar-refractivity contribution >= 4 is 10.0 Å². The van der Waals surface area contributed by atoms with Gasteiger partial charge in [0.05, 0.1) is 0 Å². The largest absolute Gasteiger partial charge is 0.340 e. The minimum Gasteiger partial charge on any atom is -0.292 e. The number of aromatic nitrogens is 3. The maximum absolute atomic E-state index is 15.0. The average Bonchev–Trinajstić information content (AvgIpc) is 3.19. The zero-order chi connectivity index (χ0) is 23.0. The number of nitrogens with one attached hydrogen (secondary N) is 2. The molecule has 0 radical (unpaired) electrons. The number of aromatic amines is 2. The molecule has 1 aromatic heterocycles. The van der Waals surface area contributed by atoms with Crippen molar-refractivity contribution in [2.45, 2.75) is 50.4 Å². The van der Waals surface area contributed by atoms with Crippen molar-refractivity contribution in [3.05, 3.63) is 87.1 Å². The van der Waals surface area contributed by atoms with Crippen LogP contribution in [0.4, 0.5) is 8.78 Å². The fourth-order valence-electron chi connectivity index (χ4n) is 4.21. The van der Waals surface area contributed by atoms with Crippen LogP contribution in [0.15, 0.2) is 47.3 Å². The van der Waals surface area contributed by atoms with Crippen LogP contribution in [-0.4, -0.2) is 33.9 Å². The molecule has 0 aliphatic carbocycles. The first kappa shape index (κ1) is 22.3. The van der Waals surface area contributed by atoms with Gasteiger partial charge in [-0.25, -0.2) is 27.1 Å². The first-order valence-electron chi connectivity index (χ1n) is 10.4. The molecule has 1 fully saturated rings. The first-order chi connectivity index (χ1) is 15.2. The van der Waals surface area contributed by atoms with E-state index in [0.29, 0.717) is 18.4 Å². The molecule has 3 atom stereocenters. The van der Waals surface area contributed by atoms with Gasteiger partial charge in [0.1, 0.15) is 22.7 Å². The van der Waals surface area contributed by atoms with Crippen molar-refractivity contribution in [1.82, 2.24) is 19.5 Å². The van der Waals surface area contributed by atoms with E-state index in [0.717, 1.165) is 12.1 Å². The van der Waals surface area contributed by atoms with E-state index in [9.17, 15) is 22.0 Å². The quantitative estimate of drug-likeness (QED) is 0.605. The van der Waals surface area contributed by atoms with Crippen molar-refractivity contribution in [1.29, 1.82) is 0 Å². The summed E-state index contributed by atoms with van der Waals surface area (Å²) in [6, 6.07) is 10.7. The summed E-state index contributed by atoms with van der Waals surface area (Å²) >= 11 is 0. The van der Waals surface area contributed by atoms with Gasteiger partial charge in [-0.3, -0.25) is 4.98 Å². The Labute approximate surface area is 184 Å². The number of hydrogen-bond acceptors (Lipinski definition) is 4. The highest BCUT2D eigenvalue weighted by Crippen LogP contribution is 2.38. The molecule has 0 bridgehead atoms. The third kappa shape index (κ3) is 4.12. The molecule has 3 aromatic rings. The van der Waals surface area contributed by atoms with E-state index in [2.05, 4.69) is 15.2 Å². The molecule has 2 N–H and O–H groups in total. The second kappa shape index (κ2) is 8.59. The summed E-state index contributed by atoms with van der Waals surface area (Å²) in [6.07, 6.45) is 1.09. The SMILES string of the molecule is CC(c1n[nH]c(=O)[nH]1)c1cc(F)c(CN2[C@@H](C)CC[C@H](c3ccccc3)S2(=O)=O)cc1F. The zero-order valence-corrected chi connectivity index (χ0v) is 18.5. The van der Waals surface area contributed by atoms with Crippen LogP contribution in [0.25, 0.3) is 0 Å². The molecular formula is C22H24F2N4O3S. The maximum Gasteiger partial charge on any atom is 0.340 e. The molecule has 1 unspecified atom stereocenters. The lowest BCUT2D eigenvalue weighted by Crippen LogP contribution is -2.44. The summed E-state index contributed by atoms with van der Waals surface area (Å²) in [5, 5.41) is 5.26. The minimum atomic E-state index is -3.77. The Hall–Kier alpha value is -2.85. The van der Waals surface area contributed by atoms with Crippen molar-refractivity contribution in [3.8, 4) is 0 Å². The van der Waals surface area contributed by atoms with Gasteiger partial charge in [0.25, 0.3) is 0 Å². The first-order valence-corrected chi connectivity index (χ1v) is 11.9. The Kier molecular flexibility index (Phi) is 6.00. The fraction of sp³-hybridized carbons (Fsp3) is 0.364. The molecule has 170 valence electrons. The molecule has 0 spiro atoms. The molecule has 10 heteroatoms. The highest BCUT2D eigenvalue weighted by molar-refractivity contribution is 7.89. The van der Waals surface area contributed by atoms with E-state index < -0.39 is 38.5 Å². The Bertz CT molecular complexity index is 1270. The topological polar surface area (TPSA) is 98.9 Å². The summed E-state index contributed by atoms with van der Waals surface area (Å²) in [7, 11) is -3.77. The van der Waals surface area contributed by atoms with Gasteiger partial charge in [-0.05, 0) is 37.5 Å². The third-order valence-corrected chi connectivity index (χ3v) is 8.45. The summed E-state index contributed by atoms with van der Waals surface area (Å²) in [6.45, 7) is 3.10. The van der Waals surface area contributed by atoms with E-state index in [1.54, 1.807) is 38.1 Å². The highest BCUT2D eigenvalue weighted by Gasteiger charge is 2.40. The number of nitrogens with zero attached hydrogens (tertiary/aromatic N) is 2. The Balaban J connectivity index is 1.64. The lowest BCUT2D eigenvalue weighted by atomic mass is 9.97. The minimum absolute atomic E-state index is 0.0192. The molecule has 1 aliphatic heterocycles. The number of rotatable bonds is 5. The standard InChI is InChI=1S/C22H24F2N4O3S/c1-13-8-9-20(15-6-4-3-5-7-15)32(30,31)28(13)12-16-10-19(24)17(11-18(16)23)14(2)21-25-22(29)27-26-21/h3-7,10-11,13-14,20H,8-9,12H2,1-2H3,(H2,25,26,27,29)/t13-,14?,20+/m0/s1. The van der Waals surface area contributed by atoms with Crippen LogP contribution in [0, 0.1) is 11.6 Å². The molecule has 4 rings (SSSR count). The van der Waals surface area contributed by atoms with Crippen LogP contribution < -0.4 is 5.69 Å². The zero-order valence-electron chi connectivity index (χ0n) is 17.7. The van der Waals surface area contributed by atoms with Gasteiger partial charge in [-0.15, -0.1) is 0 Å². The number of hydrogen-bond donors (Lipinski definition) is 2. The summed E-state index contributed by atoms with van der Waals surface area (Å²) in [4.78, 5) is 13.7. The van der Waals surface area contributed by atoms with E-state index >= 15 is 0 Å². The van der Waals surface area contributed by atoms with Crippen LogP contribution in [0.5, 0.6) is 0 Å². The highest BCUT2D eigenvalue weighted by atomic mass is 32.2. The Morgan fingerprint density at radius 2 is 1.88 bits per heavy atom. The number of sulfonamides is 1. The van der Waals surface area contributed by atoms with Crippen molar-refractivity contribution in [2.75, 3.05) is 0 Å². The molecule has 32 heavy (non-hydrogen) atoms. The van der Waals surface area contributed by atoms with Crippen LogP contribution >= 0.6 is 0 Å². The van der Waals surface area contributed by atoms with E-state index in [-0.39, 0.29) is 29.5 Å². The summed E-state index contributed by atoms with van der Waals surface area (Å²) < 4.78 is 57.8. The molecule has 0 saturated carbocycles. The maximum atomic E-state index is 15.0. The number of benzene rings is 2. The molecule has 7 nitrogen and oxygen atoms in total. The van der Waals surface area contributed by atoms with Gasteiger partial charge in [0, 0.05) is 29.6 Å². The van der Waals surface area contributed by atoms with Gasteiger partial charge in [-0.2, -0.15) is 9.40 Å². The lowest BCUT2D eigenvalue weighted by Gasteiger charge is -2.37. The average molecular weight is 463 g/mol. The van der Waals surface area contributed by atoms with E-state index in [4.69, 9.17) is 0 Å². The van der Waals surface area contributed by atoms with Crippen LogP contribution in [-0.2, 0) is 16.6 Å². The molecule has 2 heterocycles. The van der Waals surface area contributed by atoms with Gasteiger partial charge in [0.15, 0.2) is 0 Å². The molecule has 1 saturated heterocycles. The predicted molar refractivity (Wildman–Crippen MR) is 115 cm³/mol.